The van der Waals surface area contributed by atoms with Crippen molar-refractivity contribution < 1.29 is 19.2 Å². The van der Waals surface area contributed by atoms with Crippen molar-refractivity contribution in [3.8, 4) is 17.1 Å². The minimum Gasteiger partial charge on any atom is -0.481 e. The zero-order valence-electron chi connectivity index (χ0n) is 10.7. The van der Waals surface area contributed by atoms with Crippen LogP contribution in [0.3, 0.4) is 0 Å². The van der Waals surface area contributed by atoms with Crippen LogP contribution in [0, 0.1) is 0 Å². The fourth-order valence-corrected chi connectivity index (χ4v) is 1.50. The third kappa shape index (κ3) is 3.09. The second-order valence-electron chi connectivity index (χ2n) is 4.29. The van der Waals surface area contributed by atoms with E-state index in [0.29, 0.717) is 23.0 Å². The van der Waals surface area contributed by atoms with Crippen LogP contribution < -0.4 is 4.74 Å². The minimum atomic E-state index is -1.04. The molecule has 100 valence electrons. The van der Waals surface area contributed by atoms with Crippen molar-refractivity contribution in [3.05, 3.63) is 30.2 Å². The molecule has 0 spiro atoms. The van der Waals surface area contributed by atoms with Gasteiger partial charge in [-0.05, 0) is 12.1 Å². The highest BCUT2D eigenvalue weighted by Crippen LogP contribution is 2.28. The van der Waals surface area contributed by atoms with Gasteiger partial charge in [-0.2, -0.15) is 4.98 Å². The molecular weight excluding hydrogens is 248 g/mol. The zero-order valence-corrected chi connectivity index (χ0v) is 10.7. The predicted molar refractivity (Wildman–Crippen MR) is 67.0 cm³/mol. The molecule has 1 N–H and O–H groups in total. The van der Waals surface area contributed by atoms with E-state index in [-0.39, 0.29) is 5.92 Å². The van der Waals surface area contributed by atoms with Crippen molar-refractivity contribution in [2.24, 2.45) is 0 Å². The molecule has 1 aromatic carbocycles. The number of aliphatic carboxylic acids is 1. The SMILES string of the molecule is CC(C)c1nc(-c2ccccc2OCC(=O)O)no1. The number of hydrogen-bond acceptors (Lipinski definition) is 5. The van der Waals surface area contributed by atoms with Crippen LogP contribution in [0.4, 0.5) is 0 Å². The number of ether oxygens (including phenoxy) is 1. The van der Waals surface area contributed by atoms with Gasteiger partial charge in [-0.25, -0.2) is 4.79 Å². The predicted octanol–water partition coefficient (Wildman–Crippen LogP) is 2.32. The number of nitrogens with zero attached hydrogens (tertiary/aromatic N) is 2. The van der Waals surface area contributed by atoms with Crippen molar-refractivity contribution >= 4 is 5.97 Å². The molecule has 0 atom stereocenters. The van der Waals surface area contributed by atoms with Crippen LogP contribution in [-0.2, 0) is 4.79 Å². The Labute approximate surface area is 110 Å². The number of para-hydroxylation sites is 1. The first kappa shape index (κ1) is 13.1. The van der Waals surface area contributed by atoms with Gasteiger partial charge in [0.25, 0.3) is 0 Å². The summed E-state index contributed by atoms with van der Waals surface area (Å²) in [5.74, 6) is 0.438. The molecule has 1 heterocycles. The lowest BCUT2D eigenvalue weighted by Crippen LogP contribution is -2.10. The van der Waals surface area contributed by atoms with E-state index < -0.39 is 12.6 Å². The maximum absolute atomic E-state index is 10.5. The van der Waals surface area contributed by atoms with Gasteiger partial charge in [-0.1, -0.05) is 31.1 Å². The number of carboxylic acid groups (broad SMARTS) is 1. The Morgan fingerprint density at radius 3 is 2.79 bits per heavy atom. The van der Waals surface area contributed by atoms with Gasteiger partial charge < -0.3 is 14.4 Å². The van der Waals surface area contributed by atoms with Gasteiger partial charge in [0, 0.05) is 5.92 Å². The summed E-state index contributed by atoms with van der Waals surface area (Å²) in [5, 5.41) is 12.5. The van der Waals surface area contributed by atoms with Gasteiger partial charge in [-0.3, -0.25) is 0 Å². The lowest BCUT2D eigenvalue weighted by atomic mass is 10.2. The van der Waals surface area contributed by atoms with Crippen molar-refractivity contribution in [2.45, 2.75) is 19.8 Å². The molecule has 0 fully saturated rings. The monoisotopic (exact) mass is 262 g/mol. The first-order valence-electron chi connectivity index (χ1n) is 5.85. The lowest BCUT2D eigenvalue weighted by Gasteiger charge is -2.06. The molecule has 6 heteroatoms. The molecule has 6 nitrogen and oxygen atoms in total. The second kappa shape index (κ2) is 5.51. The fraction of sp³-hybridized carbons (Fsp3) is 0.308. The Morgan fingerprint density at radius 1 is 1.42 bits per heavy atom. The molecule has 0 bridgehead atoms. The molecule has 0 aliphatic rings. The summed E-state index contributed by atoms with van der Waals surface area (Å²) in [6.07, 6.45) is 0. The summed E-state index contributed by atoms with van der Waals surface area (Å²) < 4.78 is 10.3. The summed E-state index contributed by atoms with van der Waals surface area (Å²) in [7, 11) is 0. The zero-order chi connectivity index (χ0) is 13.8. The first-order valence-corrected chi connectivity index (χ1v) is 5.85. The Morgan fingerprint density at radius 2 is 2.16 bits per heavy atom. The van der Waals surface area contributed by atoms with Crippen LogP contribution in [0.1, 0.15) is 25.7 Å². The summed E-state index contributed by atoms with van der Waals surface area (Å²) in [4.78, 5) is 14.8. The van der Waals surface area contributed by atoms with E-state index in [4.69, 9.17) is 14.4 Å². The topological polar surface area (TPSA) is 85.5 Å². The molecule has 19 heavy (non-hydrogen) atoms. The second-order valence-corrected chi connectivity index (χ2v) is 4.29. The maximum atomic E-state index is 10.5. The van der Waals surface area contributed by atoms with Crippen LogP contribution in [0.15, 0.2) is 28.8 Å². The molecule has 0 unspecified atom stereocenters. The summed E-state index contributed by atoms with van der Waals surface area (Å²) in [6, 6.07) is 6.98. The molecular formula is C13H14N2O4. The van der Waals surface area contributed by atoms with Crippen LogP contribution in [-0.4, -0.2) is 27.8 Å². The summed E-state index contributed by atoms with van der Waals surface area (Å²) in [6.45, 7) is 3.49. The van der Waals surface area contributed by atoms with E-state index in [1.807, 2.05) is 13.8 Å². The van der Waals surface area contributed by atoms with Crippen molar-refractivity contribution in [1.29, 1.82) is 0 Å². The van der Waals surface area contributed by atoms with E-state index in [0.717, 1.165) is 0 Å². The van der Waals surface area contributed by atoms with E-state index in [1.165, 1.54) is 0 Å². The number of rotatable bonds is 5. The largest absolute Gasteiger partial charge is 0.481 e. The smallest absolute Gasteiger partial charge is 0.341 e. The van der Waals surface area contributed by atoms with E-state index in [2.05, 4.69) is 10.1 Å². The molecule has 0 aliphatic carbocycles. The Hall–Kier alpha value is -2.37. The number of carbonyl (C=O) groups is 1. The average Bonchev–Trinajstić information content (AvgIpc) is 2.86. The quantitative estimate of drug-likeness (QED) is 0.890. The highest BCUT2D eigenvalue weighted by atomic mass is 16.5. The standard InChI is InChI=1S/C13H14N2O4/c1-8(2)13-14-12(15-19-13)9-5-3-4-6-10(9)18-7-11(16)17/h3-6,8H,7H2,1-2H3,(H,16,17). The highest BCUT2D eigenvalue weighted by molar-refractivity contribution is 5.70. The normalized spacial score (nSPS) is 10.7. The number of carboxylic acids is 1. The average molecular weight is 262 g/mol. The molecule has 0 aliphatic heterocycles. The Bertz CT molecular complexity index is 578. The number of aromatic nitrogens is 2. The van der Waals surface area contributed by atoms with E-state index in [1.54, 1.807) is 24.3 Å². The van der Waals surface area contributed by atoms with Crippen molar-refractivity contribution in [1.82, 2.24) is 10.1 Å². The fourth-order valence-electron chi connectivity index (χ4n) is 1.50. The summed E-state index contributed by atoms with van der Waals surface area (Å²) >= 11 is 0. The van der Waals surface area contributed by atoms with Gasteiger partial charge in [-0.15, -0.1) is 0 Å². The van der Waals surface area contributed by atoms with Crippen LogP contribution in [0.25, 0.3) is 11.4 Å². The molecule has 1 aromatic heterocycles. The third-order valence-corrected chi connectivity index (χ3v) is 2.41. The minimum absolute atomic E-state index is 0.133. The van der Waals surface area contributed by atoms with Crippen molar-refractivity contribution in [3.63, 3.8) is 0 Å². The van der Waals surface area contributed by atoms with Crippen LogP contribution in [0.2, 0.25) is 0 Å². The van der Waals surface area contributed by atoms with E-state index >= 15 is 0 Å². The third-order valence-electron chi connectivity index (χ3n) is 2.41. The van der Waals surface area contributed by atoms with Gasteiger partial charge in [0.05, 0.1) is 5.56 Å². The molecule has 0 saturated carbocycles. The Balaban J connectivity index is 2.30. The first-order chi connectivity index (χ1) is 9.08. The molecule has 2 rings (SSSR count). The number of hydrogen-bond donors (Lipinski definition) is 1. The van der Waals surface area contributed by atoms with Gasteiger partial charge in [0.15, 0.2) is 6.61 Å². The number of benzene rings is 1. The molecule has 0 saturated heterocycles. The van der Waals surface area contributed by atoms with Gasteiger partial charge in [0.2, 0.25) is 11.7 Å². The van der Waals surface area contributed by atoms with E-state index in [9.17, 15) is 4.79 Å². The lowest BCUT2D eigenvalue weighted by molar-refractivity contribution is -0.139. The molecule has 0 radical (unpaired) electrons. The molecule has 0 amide bonds. The molecule has 2 aromatic rings. The van der Waals surface area contributed by atoms with Gasteiger partial charge >= 0.3 is 5.97 Å². The van der Waals surface area contributed by atoms with Gasteiger partial charge in [0.1, 0.15) is 5.75 Å². The van der Waals surface area contributed by atoms with Crippen LogP contribution in [0.5, 0.6) is 5.75 Å². The maximum Gasteiger partial charge on any atom is 0.341 e. The van der Waals surface area contributed by atoms with Crippen molar-refractivity contribution in [2.75, 3.05) is 6.61 Å². The summed E-state index contributed by atoms with van der Waals surface area (Å²) in [5.41, 5.74) is 0.611. The highest BCUT2D eigenvalue weighted by Gasteiger charge is 2.15. The van der Waals surface area contributed by atoms with Crippen LogP contribution >= 0.6 is 0 Å². The Kier molecular flexibility index (Phi) is 3.79.